The summed E-state index contributed by atoms with van der Waals surface area (Å²) in [5.41, 5.74) is 1.17. The molecule has 3 heteroatoms. The Labute approximate surface area is 107 Å². The molecule has 17 heavy (non-hydrogen) atoms. The van der Waals surface area contributed by atoms with Crippen LogP contribution in [0.3, 0.4) is 0 Å². The fourth-order valence-electron chi connectivity index (χ4n) is 1.86. The minimum absolute atomic E-state index is 0.589. The predicted octanol–water partition coefficient (Wildman–Crippen LogP) is 3.97. The molecule has 0 radical (unpaired) electrons. The third-order valence-corrected chi connectivity index (χ3v) is 3.02. The van der Waals surface area contributed by atoms with Crippen molar-refractivity contribution in [3.8, 4) is 0 Å². The highest BCUT2D eigenvalue weighted by atomic mass is 35.5. The van der Waals surface area contributed by atoms with Crippen molar-refractivity contribution in [2.24, 2.45) is 5.92 Å². The normalized spacial score (nSPS) is 11.5. The van der Waals surface area contributed by atoms with Crippen molar-refractivity contribution in [3.05, 3.63) is 35.5 Å². The van der Waals surface area contributed by atoms with Gasteiger partial charge in [0, 0.05) is 35.3 Å². The van der Waals surface area contributed by atoms with Crippen molar-refractivity contribution in [1.29, 1.82) is 0 Å². The monoisotopic (exact) mass is 251 g/mol. The van der Waals surface area contributed by atoms with Gasteiger partial charge in [0.25, 0.3) is 0 Å². The first-order valence-electron chi connectivity index (χ1n) is 5.99. The summed E-state index contributed by atoms with van der Waals surface area (Å²) >= 11 is 6.13. The molecule has 0 aliphatic carbocycles. The highest BCUT2D eigenvalue weighted by Gasteiger charge is 2.03. The Morgan fingerprint density at radius 3 is 2.88 bits per heavy atom. The predicted molar refractivity (Wildman–Crippen MR) is 72.6 cm³/mol. The molecule has 1 aromatic heterocycles. The molecule has 0 saturated heterocycles. The lowest BCUT2D eigenvalue weighted by Gasteiger charge is -2.08. The maximum atomic E-state index is 6.13. The van der Waals surface area contributed by atoms with Crippen LogP contribution in [0.2, 0.25) is 5.02 Å². The van der Waals surface area contributed by atoms with Crippen molar-refractivity contribution >= 4 is 22.5 Å². The van der Waals surface area contributed by atoms with Crippen molar-refractivity contribution in [2.75, 3.05) is 13.2 Å². The molecule has 2 aromatic rings. The maximum absolute atomic E-state index is 6.13. The smallest absolute Gasteiger partial charge is 0.0645 e. The van der Waals surface area contributed by atoms with E-state index >= 15 is 0 Å². The van der Waals surface area contributed by atoms with E-state index in [1.807, 2.05) is 12.1 Å². The molecule has 1 aromatic carbocycles. The first-order valence-corrected chi connectivity index (χ1v) is 6.37. The molecule has 0 fully saturated rings. The van der Waals surface area contributed by atoms with E-state index in [2.05, 4.69) is 36.7 Å². The molecule has 1 heterocycles. The van der Waals surface area contributed by atoms with Crippen LogP contribution in [0, 0.1) is 5.92 Å². The molecule has 0 aliphatic heterocycles. The summed E-state index contributed by atoms with van der Waals surface area (Å²) in [5, 5.41) is 1.92. The third-order valence-electron chi connectivity index (χ3n) is 2.69. The first-order chi connectivity index (χ1) is 8.18. The van der Waals surface area contributed by atoms with Crippen LogP contribution >= 0.6 is 11.6 Å². The lowest BCUT2D eigenvalue weighted by molar-refractivity contribution is 0.104. The Bertz CT molecular complexity index is 490. The Hall–Kier alpha value is -0.990. The zero-order valence-electron chi connectivity index (χ0n) is 10.3. The van der Waals surface area contributed by atoms with Gasteiger partial charge in [0.1, 0.15) is 0 Å². The average molecular weight is 252 g/mol. The topological polar surface area (TPSA) is 14.2 Å². The van der Waals surface area contributed by atoms with E-state index in [9.17, 15) is 0 Å². The average Bonchev–Trinajstić information content (AvgIpc) is 2.69. The molecule has 0 aliphatic rings. The molecule has 2 rings (SSSR count). The van der Waals surface area contributed by atoms with Crippen LogP contribution in [0.25, 0.3) is 10.9 Å². The molecule has 0 saturated carbocycles. The lowest BCUT2D eigenvalue weighted by atomic mass is 10.2. The summed E-state index contributed by atoms with van der Waals surface area (Å²) in [7, 11) is 0. The van der Waals surface area contributed by atoms with E-state index in [4.69, 9.17) is 16.3 Å². The molecule has 0 unspecified atom stereocenters. The van der Waals surface area contributed by atoms with Crippen LogP contribution < -0.4 is 0 Å². The Morgan fingerprint density at radius 2 is 2.12 bits per heavy atom. The zero-order chi connectivity index (χ0) is 12.3. The molecule has 92 valence electrons. The van der Waals surface area contributed by atoms with E-state index in [-0.39, 0.29) is 0 Å². The molecule has 0 spiro atoms. The van der Waals surface area contributed by atoms with Crippen LogP contribution in [0.4, 0.5) is 0 Å². The highest BCUT2D eigenvalue weighted by molar-refractivity contribution is 6.35. The molecule has 0 bridgehead atoms. The van der Waals surface area contributed by atoms with E-state index in [0.717, 1.165) is 30.2 Å². The number of halogens is 1. The molecular formula is C14H18ClNO. The fourth-order valence-corrected chi connectivity index (χ4v) is 2.10. The maximum Gasteiger partial charge on any atom is 0.0645 e. The summed E-state index contributed by atoms with van der Waals surface area (Å²) in [6.45, 7) is 6.75. The minimum Gasteiger partial charge on any atom is -0.379 e. The van der Waals surface area contributed by atoms with Gasteiger partial charge in [-0.25, -0.2) is 0 Å². The SMILES string of the molecule is CC(C)COCCn1ccc2c(Cl)cccc21. The largest absolute Gasteiger partial charge is 0.379 e. The van der Waals surface area contributed by atoms with Gasteiger partial charge < -0.3 is 9.30 Å². The summed E-state index contributed by atoms with van der Waals surface area (Å²) in [4.78, 5) is 0. The number of nitrogens with zero attached hydrogens (tertiary/aromatic N) is 1. The zero-order valence-corrected chi connectivity index (χ0v) is 11.1. The Balaban J connectivity index is 2.02. The number of ether oxygens (including phenoxy) is 1. The summed E-state index contributed by atoms with van der Waals surface area (Å²) < 4.78 is 7.78. The number of hydrogen-bond donors (Lipinski definition) is 0. The fraction of sp³-hybridized carbons (Fsp3) is 0.429. The number of rotatable bonds is 5. The van der Waals surface area contributed by atoms with Gasteiger partial charge in [-0.05, 0) is 24.1 Å². The van der Waals surface area contributed by atoms with Gasteiger partial charge >= 0.3 is 0 Å². The van der Waals surface area contributed by atoms with E-state index < -0.39 is 0 Å². The molecular weight excluding hydrogens is 234 g/mol. The van der Waals surface area contributed by atoms with Gasteiger partial charge in [-0.3, -0.25) is 0 Å². The Morgan fingerprint density at radius 1 is 1.29 bits per heavy atom. The van der Waals surface area contributed by atoms with Crippen molar-refractivity contribution < 1.29 is 4.74 Å². The van der Waals surface area contributed by atoms with Gasteiger partial charge in [0.2, 0.25) is 0 Å². The van der Waals surface area contributed by atoms with Gasteiger partial charge in [0.15, 0.2) is 0 Å². The van der Waals surface area contributed by atoms with Crippen molar-refractivity contribution in [3.63, 3.8) is 0 Å². The van der Waals surface area contributed by atoms with Crippen LogP contribution in [0.5, 0.6) is 0 Å². The molecule has 2 nitrogen and oxygen atoms in total. The molecule has 0 N–H and O–H groups in total. The standard InChI is InChI=1S/C14H18ClNO/c1-11(2)10-17-9-8-16-7-6-12-13(15)4-3-5-14(12)16/h3-7,11H,8-10H2,1-2H3. The van der Waals surface area contributed by atoms with Gasteiger partial charge in [-0.1, -0.05) is 31.5 Å². The second-order valence-corrected chi connectivity index (χ2v) is 5.06. The van der Waals surface area contributed by atoms with Crippen LogP contribution in [0.1, 0.15) is 13.8 Å². The van der Waals surface area contributed by atoms with Crippen LogP contribution in [0.15, 0.2) is 30.5 Å². The highest BCUT2D eigenvalue weighted by Crippen LogP contribution is 2.23. The van der Waals surface area contributed by atoms with E-state index in [1.165, 1.54) is 5.52 Å². The third kappa shape index (κ3) is 3.02. The first kappa shape index (κ1) is 12.5. The van der Waals surface area contributed by atoms with Crippen molar-refractivity contribution in [2.45, 2.75) is 20.4 Å². The summed E-state index contributed by atoms with van der Waals surface area (Å²) in [6, 6.07) is 8.05. The number of hydrogen-bond acceptors (Lipinski definition) is 1. The minimum atomic E-state index is 0.589. The number of fused-ring (bicyclic) bond motifs is 1. The lowest BCUT2D eigenvalue weighted by Crippen LogP contribution is -2.08. The van der Waals surface area contributed by atoms with Gasteiger partial charge in [-0.2, -0.15) is 0 Å². The van der Waals surface area contributed by atoms with E-state index in [0.29, 0.717) is 5.92 Å². The van der Waals surface area contributed by atoms with Crippen molar-refractivity contribution in [1.82, 2.24) is 4.57 Å². The molecule has 0 atom stereocenters. The van der Waals surface area contributed by atoms with E-state index in [1.54, 1.807) is 0 Å². The molecule has 0 amide bonds. The summed E-state index contributed by atoms with van der Waals surface area (Å²) in [5.74, 6) is 0.589. The van der Waals surface area contributed by atoms with Crippen LogP contribution in [-0.4, -0.2) is 17.8 Å². The number of benzene rings is 1. The second-order valence-electron chi connectivity index (χ2n) is 4.65. The van der Waals surface area contributed by atoms with Crippen LogP contribution in [-0.2, 0) is 11.3 Å². The second kappa shape index (κ2) is 5.56. The Kier molecular flexibility index (Phi) is 4.08. The summed E-state index contributed by atoms with van der Waals surface area (Å²) in [6.07, 6.45) is 2.06. The van der Waals surface area contributed by atoms with Gasteiger partial charge in [-0.15, -0.1) is 0 Å². The quantitative estimate of drug-likeness (QED) is 0.734. The number of aromatic nitrogens is 1. The van der Waals surface area contributed by atoms with Gasteiger partial charge in [0.05, 0.1) is 6.61 Å².